The van der Waals surface area contributed by atoms with Gasteiger partial charge in [0.25, 0.3) is 0 Å². The van der Waals surface area contributed by atoms with E-state index in [2.05, 4.69) is 30.8 Å². The Bertz CT molecular complexity index is 383. The van der Waals surface area contributed by atoms with Gasteiger partial charge in [-0.3, -0.25) is 0 Å². The van der Waals surface area contributed by atoms with Crippen molar-refractivity contribution in [3.05, 3.63) is 16.0 Å². The molecule has 6 heteroatoms. The maximum Gasteiger partial charge on any atom is 0.148 e. The van der Waals surface area contributed by atoms with Crippen LogP contribution >= 0.6 is 27.5 Å². The third-order valence-corrected chi connectivity index (χ3v) is 4.29. The van der Waals surface area contributed by atoms with Gasteiger partial charge in [-0.15, -0.1) is 0 Å². The van der Waals surface area contributed by atoms with Crippen molar-refractivity contribution in [1.29, 1.82) is 0 Å². The van der Waals surface area contributed by atoms with E-state index in [0.29, 0.717) is 11.1 Å². The molecular weight excluding hydrogens is 305 g/mol. The number of nitrogens with zero attached hydrogens (tertiary/aromatic N) is 3. The lowest BCUT2D eigenvalue weighted by Gasteiger charge is -2.32. The lowest BCUT2D eigenvalue weighted by atomic mass is 9.98. The summed E-state index contributed by atoms with van der Waals surface area (Å²) in [6.45, 7) is 2.82. The molecule has 1 aliphatic heterocycles. The molecule has 0 unspecified atom stereocenters. The Hall–Kier alpha value is -0.390. The predicted octanol–water partition coefficient (Wildman–Crippen LogP) is 2.76. The average Bonchev–Trinajstić information content (AvgIpc) is 2.34. The smallest absolute Gasteiger partial charge is 0.148 e. The Morgan fingerprint density at radius 3 is 2.82 bits per heavy atom. The van der Waals surface area contributed by atoms with E-state index in [-0.39, 0.29) is 0 Å². The van der Waals surface area contributed by atoms with E-state index in [1.54, 1.807) is 7.11 Å². The average molecular weight is 321 g/mol. The fraction of sp³-hybridized carbons (Fsp3) is 0.636. The molecule has 94 valence electrons. The van der Waals surface area contributed by atoms with Gasteiger partial charge in [-0.05, 0) is 34.7 Å². The Kier molecular flexibility index (Phi) is 4.59. The van der Waals surface area contributed by atoms with Gasteiger partial charge < -0.3 is 9.64 Å². The van der Waals surface area contributed by atoms with E-state index in [0.717, 1.165) is 42.8 Å². The van der Waals surface area contributed by atoms with Gasteiger partial charge in [0.2, 0.25) is 0 Å². The second kappa shape index (κ2) is 5.98. The van der Waals surface area contributed by atoms with Crippen LogP contribution in [0.3, 0.4) is 0 Å². The van der Waals surface area contributed by atoms with Gasteiger partial charge in [0.15, 0.2) is 0 Å². The number of halogens is 2. The van der Waals surface area contributed by atoms with Crippen LogP contribution in [-0.2, 0) is 4.74 Å². The second-order valence-corrected chi connectivity index (χ2v) is 5.34. The minimum atomic E-state index is 0.467. The molecule has 0 aliphatic carbocycles. The van der Waals surface area contributed by atoms with Crippen LogP contribution in [0.2, 0.25) is 5.15 Å². The maximum atomic E-state index is 5.97. The van der Waals surface area contributed by atoms with Gasteiger partial charge in [-0.1, -0.05) is 11.6 Å². The fourth-order valence-corrected chi connectivity index (χ4v) is 2.69. The van der Waals surface area contributed by atoms with Gasteiger partial charge >= 0.3 is 0 Å². The summed E-state index contributed by atoms with van der Waals surface area (Å²) in [5.74, 6) is 1.55. The Balaban J connectivity index is 2.03. The second-order valence-electron chi connectivity index (χ2n) is 4.19. The quantitative estimate of drug-likeness (QED) is 0.803. The maximum absolute atomic E-state index is 5.97. The zero-order chi connectivity index (χ0) is 12.3. The van der Waals surface area contributed by atoms with E-state index < -0.39 is 0 Å². The fourth-order valence-electron chi connectivity index (χ4n) is 2.11. The number of piperidine rings is 1. The minimum absolute atomic E-state index is 0.467. The van der Waals surface area contributed by atoms with Crippen LogP contribution in [-0.4, -0.2) is 36.8 Å². The highest BCUT2D eigenvalue weighted by atomic mass is 79.9. The van der Waals surface area contributed by atoms with Gasteiger partial charge in [-0.25, -0.2) is 9.97 Å². The van der Waals surface area contributed by atoms with Crippen molar-refractivity contribution in [3.8, 4) is 0 Å². The summed E-state index contributed by atoms with van der Waals surface area (Å²) in [7, 11) is 1.76. The first-order chi connectivity index (χ1) is 8.22. The molecule has 0 N–H and O–H groups in total. The first kappa shape index (κ1) is 13.1. The molecule has 1 fully saturated rings. The van der Waals surface area contributed by atoms with Crippen LogP contribution in [0.15, 0.2) is 10.8 Å². The molecule has 0 atom stereocenters. The molecule has 17 heavy (non-hydrogen) atoms. The highest BCUT2D eigenvalue weighted by Gasteiger charge is 2.22. The summed E-state index contributed by atoms with van der Waals surface area (Å²) in [5.41, 5.74) is 0. The molecule has 2 heterocycles. The number of ether oxygens (including phenoxy) is 1. The van der Waals surface area contributed by atoms with Crippen LogP contribution in [0.4, 0.5) is 5.82 Å². The van der Waals surface area contributed by atoms with Crippen LogP contribution in [0, 0.1) is 5.92 Å². The van der Waals surface area contributed by atoms with Crippen molar-refractivity contribution in [2.45, 2.75) is 12.8 Å². The summed E-state index contributed by atoms with van der Waals surface area (Å²) < 4.78 is 5.97. The molecule has 0 bridgehead atoms. The summed E-state index contributed by atoms with van der Waals surface area (Å²) in [6.07, 6.45) is 3.76. The molecule has 0 spiro atoms. The van der Waals surface area contributed by atoms with Gasteiger partial charge in [0.05, 0.1) is 4.47 Å². The van der Waals surface area contributed by atoms with E-state index in [1.807, 2.05) is 0 Å². The topological polar surface area (TPSA) is 38.2 Å². The molecular formula is C11H15BrClN3O. The number of hydrogen-bond acceptors (Lipinski definition) is 4. The summed E-state index contributed by atoms with van der Waals surface area (Å²) in [4.78, 5) is 10.5. The molecule has 0 radical (unpaired) electrons. The molecule has 1 aromatic heterocycles. The Labute approximate surface area is 114 Å². The first-order valence-electron chi connectivity index (χ1n) is 5.62. The van der Waals surface area contributed by atoms with Crippen molar-refractivity contribution in [1.82, 2.24) is 9.97 Å². The summed E-state index contributed by atoms with van der Waals surface area (Å²) in [6, 6.07) is 0. The summed E-state index contributed by atoms with van der Waals surface area (Å²) in [5, 5.41) is 0.467. The van der Waals surface area contributed by atoms with Crippen LogP contribution in [0.1, 0.15) is 12.8 Å². The SMILES string of the molecule is COCC1CCN(c2ncnc(Cl)c2Br)CC1. The molecule has 0 amide bonds. The van der Waals surface area contributed by atoms with Crippen LogP contribution < -0.4 is 4.90 Å². The normalized spacial score (nSPS) is 17.5. The van der Waals surface area contributed by atoms with E-state index in [1.165, 1.54) is 6.33 Å². The molecule has 2 rings (SSSR count). The Morgan fingerprint density at radius 1 is 1.47 bits per heavy atom. The lowest BCUT2D eigenvalue weighted by Crippen LogP contribution is -2.35. The third-order valence-electron chi connectivity index (χ3n) is 3.04. The highest BCUT2D eigenvalue weighted by molar-refractivity contribution is 9.10. The van der Waals surface area contributed by atoms with Crippen molar-refractivity contribution < 1.29 is 4.74 Å². The van der Waals surface area contributed by atoms with Gasteiger partial charge in [0.1, 0.15) is 17.3 Å². The molecule has 0 aromatic carbocycles. The first-order valence-corrected chi connectivity index (χ1v) is 6.79. The number of rotatable bonds is 3. The van der Waals surface area contributed by atoms with Crippen molar-refractivity contribution >= 4 is 33.3 Å². The molecule has 1 saturated heterocycles. The third kappa shape index (κ3) is 3.09. The van der Waals surface area contributed by atoms with E-state index in [9.17, 15) is 0 Å². The molecule has 1 aliphatic rings. The number of aromatic nitrogens is 2. The molecule has 1 aromatic rings. The van der Waals surface area contributed by atoms with Crippen molar-refractivity contribution in [3.63, 3.8) is 0 Å². The Morgan fingerprint density at radius 2 is 2.18 bits per heavy atom. The highest BCUT2D eigenvalue weighted by Crippen LogP contribution is 2.31. The van der Waals surface area contributed by atoms with Gasteiger partial charge in [0, 0.05) is 26.8 Å². The zero-order valence-corrected chi connectivity index (χ0v) is 12.0. The predicted molar refractivity (Wildman–Crippen MR) is 71.6 cm³/mol. The van der Waals surface area contributed by atoms with Crippen molar-refractivity contribution in [2.75, 3.05) is 31.7 Å². The van der Waals surface area contributed by atoms with E-state index in [4.69, 9.17) is 16.3 Å². The molecule has 0 saturated carbocycles. The number of methoxy groups -OCH3 is 1. The minimum Gasteiger partial charge on any atom is -0.384 e. The van der Waals surface area contributed by atoms with E-state index >= 15 is 0 Å². The summed E-state index contributed by atoms with van der Waals surface area (Å²) >= 11 is 9.41. The lowest BCUT2D eigenvalue weighted by molar-refractivity contribution is 0.139. The van der Waals surface area contributed by atoms with Crippen LogP contribution in [0.5, 0.6) is 0 Å². The van der Waals surface area contributed by atoms with Crippen LogP contribution in [0.25, 0.3) is 0 Å². The number of hydrogen-bond donors (Lipinski definition) is 0. The monoisotopic (exact) mass is 319 g/mol. The van der Waals surface area contributed by atoms with Crippen molar-refractivity contribution in [2.24, 2.45) is 5.92 Å². The largest absolute Gasteiger partial charge is 0.384 e. The molecule has 4 nitrogen and oxygen atoms in total. The number of anilines is 1. The zero-order valence-electron chi connectivity index (χ0n) is 9.70. The standard InChI is InChI=1S/C11H15BrClN3O/c1-17-6-8-2-4-16(5-3-8)11-9(12)10(13)14-7-15-11/h7-8H,2-6H2,1H3. The van der Waals surface area contributed by atoms with Gasteiger partial charge in [-0.2, -0.15) is 0 Å².